The van der Waals surface area contributed by atoms with Crippen LogP contribution in [0.1, 0.15) is 20.3 Å². The lowest BCUT2D eigenvalue weighted by Crippen LogP contribution is -2.07. The van der Waals surface area contributed by atoms with Crippen LogP contribution in [0.25, 0.3) is 0 Å². The fraction of sp³-hybridized carbons (Fsp3) is 0.600. The van der Waals surface area contributed by atoms with Crippen molar-refractivity contribution in [2.45, 2.75) is 30.5 Å². The zero-order valence-electron chi connectivity index (χ0n) is 9.40. The number of hydrogen-bond acceptors (Lipinski definition) is 5. The van der Waals surface area contributed by atoms with E-state index in [9.17, 15) is 0 Å². The lowest BCUT2D eigenvalue weighted by Gasteiger charge is -2.10. The SMILES string of the molecule is CCCNc1ncc(Br)c(SC(C)CO)n1. The van der Waals surface area contributed by atoms with Crippen LogP contribution in [0.3, 0.4) is 0 Å². The van der Waals surface area contributed by atoms with Gasteiger partial charge in [-0.3, -0.25) is 0 Å². The Morgan fingerprint density at radius 1 is 1.62 bits per heavy atom. The van der Waals surface area contributed by atoms with Crippen LogP contribution >= 0.6 is 27.7 Å². The predicted octanol–water partition coefficient (Wildman–Crippen LogP) is 2.53. The molecule has 90 valence electrons. The Kier molecular flexibility index (Phi) is 6.08. The molecule has 0 bridgehead atoms. The predicted molar refractivity (Wildman–Crippen MR) is 70.9 cm³/mol. The fourth-order valence-corrected chi connectivity index (χ4v) is 2.22. The second-order valence-corrected chi connectivity index (χ2v) is 5.67. The van der Waals surface area contributed by atoms with Gasteiger partial charge < -0.3 is 10.4 Å². The van der Waals surface area contributed by atoms with E-state index in [0.29, 0.717) is 5.95 Å². The van der Waals surface area contributed by atoms with Crippen molar-refractivity contribution in [2.75, 3.05) is 18.5 Å². The standard InChI is InChI=1S/C10H16BrN3OS/c1-3-4-12-10-13-5-8(11)9(14-10)16-7(2)6-15/h5,7,15H,3-4,6H2,1-2H3,(H,12,13,14). The van der Waals surface area contributed by atoms with Crippen molar-refractivity contribution in [1.29, 1.82) is 0 Å². The maximum atomic E-state index is 9.00. The molecular weight excluding hydrogens is 290 g/mol. The maximum absolute atomic E-state index is 9.00. The third-order valence-corrected chi connectivity index (χ3v) is 3.74. The number of aromatic nitrogens is 2. The lowest BCUT2D eigenvalue weighted by molar-refractivity contribution is 0.300. The average molecular weight is 306 g/mol. The molecule has 0 amide bonds. The molecule has 16 heavy (non-hydrogen) atoms. The molecule has 0 aromatic carbocycles. The van der Waals surface area contributed by atoms with E-state index >= 15 is 0 Å². The van der Waals surface area contributed by atoms with Crippen molar-refractivity contribution in [2.24, 2.45) is 0 Å². The summed E-state index contributed by atoms with van der Waals surface area (Å²) in [4.78, 5) is 8.55. The average Bonchev–Trinajstić information content (AvgIpc) is 2.30. The first-order chi connectivity index (χ1) is 7.67. The molecule has 0 aliphatic heterocycles. The quantitative estimate of drug-likeness (QED) is 0.625. The van der Waals surface area contributed by atoms with Crippen LogP contribution in [0.5, 0.6) is 0 Å². The molecule has 0 aliphatic carbocycles. The summed E-state index contributed by atoms with van der Waals surface area (Å²) < 4.78 is 0.861. The van der Waals surface area contributed by atoms with E-state index in [4.69, 9.17) is 5.11 Å². The van der Waals surface area contributed by atoms with E-state index in [1.54, 1.807) is 6.20 Å². The molecule has 1 aromatic rings. The molecule has 1 atom stereocenters. The third-order valence-electron chi connectivity index (χ3n) is 1.81. The number of halogens is 1. The molecule has 0 saturated heterocycles. The fourth-order valence-electron chi connectivity index (χ4n) is 0.984. The van der Waals surface area contributed by atoms with Crippen LogP contribution in [0.4, 0.5) is 5.95 Å². The molecule has 1 unspecified atom stereocenters. The number of nitrogens with zero attached hydrogens (tertiary/aromatic N) is 2. The Morgan fingerprint density at radius 3 is 3.00 bits per heavy atom. The highest BCUT2D eigenvalue weighted by Crippen LogP contribution is 2.28. The summed E-state index contributed by atoms with van der Waals surface area (Å²) in [6.07, 6.45) is 2.77. The first kappa shape index (κ1) is 13.7. The van der Waals surface area contributed by atoms with Crippen molar-refractivity contribution < 1.29 is 5.11 Å². The van der Waals surface area contributed by atoms with Crippen LogP contribution in [-0.2, 0) is 0 Å². The summed E-state index contributed by atoms with van der Waals surface area (Å²) in [5.74, 6) is 0.637. The highest BCUT2D eigenvalue weighted by atomic mass is 79.9. The van der Waals surface area contributed by atoms with E-state index in [0.717, 1.165) is 22.5 Å². The van der Waals surface area contributed by atoms with Crippen molar-refractivity contribution in [3.8, 4) is 0 Å². The molecule has 6 heteroatoms. The normalized spacial score (nSPS) is 12.5. The van der Waals surface area contributed by atoms with Gasteiger partial charge in [0.25, 0.3) is 0 Å². The van der Waals surface area contributed by atoms with Crippen molar-refractivity contribution in [3.63, 3.8) is 0 Å². The minimum absolute atomic E-state index is 0.130. The van der Waals surface area contributed by atoms with Gasteiger partial charge in [-0.1, -0.05) is 25.6 Å². The summed E-state index contributed by atoms with van der Waals surface area (Å²) in [6.45, 7) is 5.05. The minimum atomic E-state index is 0.130. The summed E-state index contributed by atoms with van der Waals surface area (Å²) in [7, 11) is 0. The summed E-state index contributed by atoms with van der Waals surface area (Å²) in [5.41, 5.74) is 0. The second kappa shape index (κ2) is 7.09. The van der Waals surface area contributed by atoms with Crippen molar-refractivity contribution in [3.05, 3.63) is 10.7 Å². The topological polar surface area (TPSA) is 58.0 Å². The number of thioether (sulfide) groups is 1. The van der Waals surface area contributed by atoms with Crippen LogP contribution in [0.15, 0.2) is 15.7 Å². The highest BCUT2D eigenvalue weighted by molar-refractivity contribution is 9.10. The molecule has 1 rings (SSSR count). The number of aliphatic hydroxyl groups is 1. The van der Waals surface area contributed by atoms with Gasteiger partial charge in [-0.15, -0.1) is 0 Å². The van der Waals surface area contributed by atoms with E-state index in [-0.39, 0.29) is 11.9 Å². The zero-order chi connectivity index (χ0) is 12.0. The minimum Gasteiger partial charge on any atom is -0.395 e. The molecule has 0 radical (unpaired) electrons. The molecule has 1 heterocycles. The smallest absolute Gasteiger partial charge is 0.223 e. The van der Waals surface area contributed by atoms with E-state index in [2.05, 4.69) is 38.1 Å². The Hall–Kier alpha value is -0.330. The molecule has 1 aromatic heterocycles. The Morgan fingerprint density at radius 2 is 2.38 bits per heavy atom. The summed E-state index contributed by atoms with van der Waals surface area (Å²) in [5, 5.41) is 13.1. The van der Waals surface area contributed by atoms with Crippen LogP contribution in [0, 0.1) is 0 Å². The molecule has 4 nitrogen and oxygen atoms in total. The summed E-state index contributed by atoms with van der Waals surface area (Å²) >= 11 is 4.93. The van der Waals surface area contributed by atoms with Gasteiger partial charge in [-0.2, -0.15) is 0 Å². The number of aliphatic hydroxyl groups excluding tert-OH is 1. The molecule has 0 saturated carbocycles. The van der Waals surface area contributed by atoms with E-state index in [1.807, 2.05) is 6.92 Å². The van der Waals surface area contributed by atoms with Gasteiger partial charge in [0.05, 0.1) is 11.1 Å². The van der Waals surface area contributed by atoms with Gasteiger partial charge in [0.1, 0.15) is 5.03 Å². The Labute approximate surface area is 108 Å². The van der Waals surface area contributed by atoms with Crippen molar-refractivity contribution in [1.82, 2.24) is 9.97 Å². The monoisotopic (exact) mass is 305 g/mol. The number of anilines is 1. The Bertz CT molecular complexity index is 338. The number of nitrogens with one attached hydrogen (secondary N) is 1. The summed E-state index contributed by atoms with van der Waals surface area (Å²) in [6, 6.07) is 0. The highest BCUT2D eigenvalue weighted by Gasteiger charge is 2.09. The number of hydrogen-bond donors (Lipinski definition) is 2. The first-order valence-electron chi connectivity index (χ1n) is 5.21. The first-order valence-corrected chi connectivity index (χ1v) is 6.88. The van der Waals surface area contributed by atoms with Gasteiger partial charge in [-0.05, 0) is 22.4 Å². The molecule has 2 N–H and O–H groups in total. The maximum Gasteiger partial charge on any atom is 0.223 e. The van der Waals surface area contributed by atoms with E-state index in [1.165, 1.54) is 11.8 Å². The second-order valence-electron chi connectivity index (χ2n) is 3.38. The van der Waals surface area contributed by atoms with Crippen LogP contribution in [-0.4, -0.2) is 33.5 Å². The molecule has 0 aliphatic rings. The number of rotatable bonds is 6. The third kappa shape index (κ3) is 4.27. The van der Waals surface area contributed by atoms with Crippen molar-refractivity contribution >= 4 is 33.6 Å². The van der Waals surface area contributed by atoms with Gasteiger partial charge >= 0.3 is 0 Å². The Balaban J connectivity index is 2.73. The van der Waals surface area contributed by atoms with E-state index < -0.39 is 0 Å². The van der Waals surface area contributed by atoms with Gasteiger partial charge in [0.2, 0.25) is 5.95 Å². The lowest BCUT2D eigenvalue weighted by atomic mass is 10.5. The zero-order valence-corrected chi connectivity index (χ0v) is 11.8. The van der Waals surface area contributed by atoms with Crippen LogP contribution in [0.2, 0.25) is 0 Å². The molecular formula is C10H16BrN3OS. The largest absolute Gasteiger partial charge is 0.395 e. The van der Waals surface area contributed by atoms with Gasteiger partial charge in [0.15, 0.2) is 0 Å². The molecule has 0 fully saturated rings. The van der Waals surface area contributed by atoms with Gasteiger partial charge in [0, 0.05) is 18.0 Å². The van der Waals surface area contributed by atoms with Crippen LogP contribution < -0.4 is 5.32 Å². The van der Waals surface area contributed by atoms with Gasteiger partial charge in [-0.25, -0.2) is 9.97 Å². The molecule has 0 spiro atoms.